The van der Waals surface area contributed by atoms with Crippen LogP contribution < -0.4 is 10.6 Å². The van der Waals surface area contributed by atoms with Crippen LogP contribution in [0, 0.1) is 0 Å². The summed E-state index contributed by atoms with van der Waals surface area (Å²) >= 11 is 1.47. The van der Waals surface area contributed by atoms with Gasteiger partial charge in [0.05, 0.1) is 18.5 Å². The highest BCUT2D eigenvalue weighted by molar-refractivity contribution is 7.13. The molecule has 0 saturated heterocycles. The quantitative estimate of drug-likeness (QED) is 0.760. The number of urea groups is 1. The number of hydrogen-bond acceptors (Lipinski definition) is 5. The van der Waals surface area contributed by atoms with Crippen LogP contribution >= 0.6 is 11.3 Å². The van der Waals surface area contributed by atoms with Crippen LogP contribution in [0.3, 0.4) is 0 Å². The van der Waals surface area contributed by atoms with Crippen molar-refractivity contribution in [1.82, 2.24) is 15.6 Å². The molecule has 1 atom stereocenters. The number of aliphatic hydroxyl groups is 1. The highest BCUT2D eigenvalue weighted by atomic mass is 32.1. The summed E-state index contributed by atoms with van der Waals surface area (Å²) in [6.45, 7) is 2.25. The first-order chi connectivity index (χ1) is 9.69. The van der Waals surface area contributed by atoms with Crippen LogP contribution in [-0.4, -0.2) is 28.8 Å². The molecule has 3 N–H and O–H groups in total. The number of carbonyl (C=O) groups excluding carboxylic acids is 1. The zero-order valence-electron chi connectivity index (χ0n) is 11.1. The molecule has 0 fully saturated rings. The number of carbonyl (C=O) groups is 1. The first-order valence-corrected chi connectivity index (χ1v) is 7.20. The number of rotatable bonds is 6. The van der Waals surface area contributed by atoms with E-state index >= 15 is 0 Å². The van der Waals surface area contributed by atoms with Crippen molar-refractivity contribution in [2.24, 2.45) is 0 Å². The number of hydrogen-bond donors (Lipinski definition) is 3. The fourth-order valence-electron chi connectivity index (χ4n) is 1.61. The molecule has 2 amide bonds. The van der Waals surface area contributed by atoms with Crippen molar-refractivity contribution in [3.8, 4) is 10.8 Å². The van der Waals surface area contributed by atoms with E-state index in [0.29, 0.717) is 13.0 Å². The van der Waals surface area contributed by atoms with E-state index in [2.05, 4.69) is 15.6 Å². The molecule has 0 saturated carbocycles. The minimum absolute atomic E-state index is 0.0556. The molecule has 0 aliphatic heterocycles. The maximum absolute atomic E-state index is 11.6. The minimum Gasteiger partial charge on any atom is -0.462 e. The molecule has 108 valence electrons. The summed E-state index contributed by atoms with van der Waals surface area (Å²) in [7, 11) is 0. The predicted octanol–water partition coefficient (Wildman–Crippen LogP) is 1.97. The van der Waals surface area contributed by atoms with Gasteiger partial charge in [-0.05, 0) is 25.5 Å². The second-order valence-electron chi connectivity index (χ2n) is 4.36. The molecule has 20 heavy (non-hydrogen) atoms. The van der Waals surface area contributed by atoms with Crippen LogP contribution in [0.15, 0.2) is 28.2 Å². The van der Waals surface area contributed by atoms with Gasteiger partial charge < -0.3 is 20.2 Å². The molecule has 2 aromatic rings. The summed E-state index contributed by atoms with van der Waals surface area (Å²) in [5.74, 6) is 0.724. The molecule has 0 spiro atoms. The monoisotopic (exact) mass is 295 g/mol. The van der Waals surface area contributed by atoms with E-state index < -0.39 is 0 Å². The summed E-state index contributed by atoms with van der Waals surface area (Å²) in [6.07, 6.45) is 2.14. The molecule has 0 bridgehead atoms. The Morgan fingerprint density at radius 3 is 3.15 bits per heavy atom. The smallest absolute Gasteiger partial charge is 0.315 e. The Morgan fingerprint density at radius 1 is 1.60 bits per heavy atom. The van der Waals surface area contributed by atoms with Gasteiger partial charge in [-0.25, -0.2) is 9.78 Å². The molecule has 2 heterocycles. The van der Waals surface area contributed by atoms with Crippen LogP contribution in [0.5, 0.6) is 0 Å². The maximum Gasteiger partial charge on any atom is 0.315 e. The Bertz CT molecular complexity index is 539. The molecule has 2 rings (SSSR count). The number of thiazole rings is 1. The van der Waals surface area contributed by atoms with E-state index in [1.165, 1.54) is 11.3 Å². The van der Waals surface area contributed by atoms with Crippen LogP contribution in [0.4, 0.5) is 4.79 Å². The van der Waals surface area contributed by atoms with E-state index in [-0.39, 0.29) is 18.7 Å². The van der Waals surface area contributed by atoms with Gasteiger partial charge in [-0.1, -0.05) is 0 Å². The first kappa shape index (κ1) is 14.5. The van der Waals surface area contributed by atoms with Crippen molar-refractivity contribution in [3.63, 3.8) is 0 Å². The number of nitrogens with zero attached hydrogens (tertiary/aromatic N) is 1. The Labute approximate surface area is 120 Å². The van der Waals surface area contributed by atoms with Crippen molar-refractivity contribution in [2.45, 2.75) is 25.9 Å². The second-order valence-corrected chi connectivity index (χ2v) is 5.22. The van der Waals surface area contributed by atoms with Crippen LogP contribution in [0.1, 0.15) is 19.0 Å². The molecule has 0 aliphatic carbocycles. The Balaban J connectivity index is 1.81. The van der Waals surface area contributed by atoms with Crippen molar-refractivity contribution >= 4 is 17.4 Å². The summed E-state index contributed by atoms with van der Waals surface area (Å²) in [6, 6.07) is 3.33. The van der Waals surface area contributed by atoms with Crippen molar-refractivity contribution in [2.75, 3.05) is 6.61 Å². The van der Waals surface area contributed by atoms with Crippen LogP contribution in [0.2, 0.25) is 0 Å². The van der Waals surface area contributed by atoms with E-state index in [9.17, 15) is 4.79 Å². The molecule has 2 aromatic heterocycles. The molecule has 0 aliphatic rings. The Morgan fingerprint density at radius 2 is 2.45 bits per heavy atom. The highest BCUT2D eigenvalue weighted by Gasteiger charge is 2.09. The zero-order valence-corrected chi connectivity index (χ0v) is 11.9. The fourth-order valence-corrected chi connectivity index (χ4v) is 2.40. The van der Waals surface area contributed by atoms with Gasteiger partial charge in [-0.3, -0.25) is 0 Å². The SMILES string of the molecule is C[C@H](CCO)NC(=O)NCc1csc(-c2ccco2)n1. The molecule has 0 aromatic carbocycles. The molecular formula is C13H17N3O3S. The van der Waals surface area contributed by atoms with Crippen LogP contribution in [0.25, 0.3) is 10.8 Å². The lowest BCUT2D eigenvalue weighted by Crippen LogP contribution is -2.40. The molecule has 6 nitrogen and oxygen atoms in total. The summed E-state index contributed by atoms with van der Waals surface area (Å²) in [5, 5.41) is 16.9. The van der Waals surface area contributed by atoms with Gasteiger partial charge in [-0.15, -0.1) is 11.3 Å². The lowest BCUT2D eigenvalue weighted by Gasteiger charge is -2.12. The minimum atomic E-state index is -0.265. The Hall–Kier alpha value is -1.86. The lowest BCUT2D eigenvalue weighted by atomic mass is 10.2. The lowest BCUT2D eigenvalue weighted by molar-refractivity contribution is 0.230. The van der Waals surface area contributed by atoms with Gasteiger partial charge in [0.2, 0.25) is 0 Å². The van der Waals surface area contributed by atoms with Crippen molar-refractivity contribution in [1.29, 1.82) is 0 Å². The number of nitrogens with one attached hydrogen (secondary N) is 2. The van der Waals surface area contributed by atoms with E-state index in [1.54, 1.807) is 6.26 Å². The fraction of sp³-hybridized carbons (Fsp3) is 0.385. The summed E-state index contributed by atoms with van der Waals surface area (Å²) < 4.78 is 5.26. The standard InChI is InChI=1S/C13H17N3O3S/c1-9(4-5-17)15-13(18)14-7-10-8-20-12(16-10)11-3-2-6-19-11/h2-3,6,8-9,17H,4-5,7H2,1H3,(H2,14,15,18)/t9-/m1/s1. The van der Waals surface area contributed by atoms with Crippen molar-refractivity contribution in [3.05, 3.63) is 29.5 Å². The van der Waals surface area contributed by atoms with Gasteiger partial charge in [0.15, 0.2) is 10.8 Å². The van der Waals surface area contributed by atoms with E-state index in [1.807, 2.05) is 24.4 Å². The third-order valence-electron chi connectivity index (χ3n) is 2.65. The van der Waals surface area contributed by atoms with Gasteiger partial charge in [0, 0.05) is 18.0 Å². The van der Waals surface area contributed by atoms with E-state index in [4.69, 9.17) is 9.52 Å². The third kappa shape index (κ3) is 4.07. The molecule has 7 heteroatoms. The number of amides is 2. The third-order valence-corrected chi connectivity index (χ3v) is 3.56. The average Bonchev–Trinajstić information content (AvgIpc) is 3.07. The predicted molar refractivity (Wildman–Crippen MR) is 76.4 cm³/mol. The van der Waals surface area contributed by atoms with E-state index in [0.717, 1.165) is 16.5 Å². The average molecular weight is 295 g/mol. The second kappa shape index (κ2) is 7.06. The van der Waals surface area contributed by atoms with Gasteiger partial charge in [-0.2, -0.15) is 0 Å². The van der Waals surface area contributed by atoms with Gasteiger partial charge >= 0.3 is 6.03 Å². The van der Waals surface area contributed by atoms with Gasteiger partial charge in [0.25, 0.3) is 0 Å². The Kier molecular flexibility index (Phi) is 5.14. The first-order valence-electron chi connectivity index (χ1n) is 6.32. The largest absolute Gasteiger partial charge is 0.462 e. The zero-order chi connectivity index (χ0) is 14.4. The topological polar surface area (TPSA) is 87.4 Å². The number of aromatic nitrogens is 1. The normalized spacial score (nSPS) is 12.1. The maximum atomic E-state index is 11.6. The summed E-state index contributed by atoms with van der Waals surface area (Å²) in [4.78, 5) is 16.0. The molecule has 0 radical (unpaired) electrons. The highest BCUT2D eigenvalue weighted by Crippen LogP contribution is 2.23. The number of furan rings is 1. The van der Waals surface area contributed by atoms with Gasteiger partial charge in [0.1, 0.15) is 0 Å². The number of aliphatic hydroxyl groups excluding tert-OH is 1. The molecular weight excluding hydrogens is 278 g/mol. The summed E-state index contributed by atoms with van der Waals surface area (Å²) in [5.41, 5.74) is 0.784. The van der Waals surface area contributed by atoms with Crippen LogP contribution in [-0.2, 0) is 6.54 Å². The van der Waals surface area contributed by atoms with Crippen molar-refractivity contribution < 1.29 is 14.3 Å². The molecule has 0 unspecified atom stereocenters.